The van der Waals surface area contributed by atoms with Crippen LogP contribution in [0.3, 0.4) is 0 Å². The first-order chi connectivity index (χ1) is 16.9. The first-order valence-corrected chi connectivity index (χ1v) is 13.1. The summed E-state index contributed by atoms with van der Waals surface area (Å²) >= 11 is 12.2. The third-order valence-corrected chi connectivity index (χ3v) is 7.71. The molecule has 1 N–H and O–H groups in total. The van der Waals surface area contributed by atoms with Crippen molar-refractivity contribution >= 4 is 29.1 Å². The molecule has 1 unspecified atom stereocenters. The highest BCUT2D eigenvalue weighted by Gasteiger charge is 2.36. The zero-order chi connectivity index (χ0) is 24.8. The summed E-state index contributed by atoms with van der Waals surface area (Å²) in [5.41, 5.74) is 1.87. The number of benzene rings is 2. The minimum Gasteiger partial charge on any atom is -0.395 e. The van der Waals surface area contributed by atoms with Crippen molar-refractivity contribution in [3.63, 3.8) is 0 Å². The maximum atomic E-state index is 13.3. The lowest BCUT2D eigenvalue weighted by Crippen LogP contribution is -2.43. The summed E-state index contributed by atoms with van der Waals surface area (Å²) in [6.45, 7) is 2.09. The molecule has 2 fully saturated rings. The molecule has 0 spiro atoms. The lowest BCUT2D eigenvalue weighted by atomic mass is 10.0. The maximum Gasteiger partial charge on any atom is 0.227 e. The SMILES string of the molecule is CN(C(=O)Cc1ccc(Cl)c(Cl)c1)[C@H](CN1C[C@H](OC2CCCCO2)C[C@H]1CO)c1ccccc1. The van der Waals surface area contributed by atoms with Crippen LogP contribution in [-0.4, -0.2) is 72.6 Å². The minimum absolute atomic E-state index is 0.00360. The number of hydrogen-bond donors (Lipinski definition) is 1. The third kappa shape index (κ3) is 6.97. The van der Waals surface area contributed by atoms with Crippen molar-refractivity contribution in [1.82, 2.24) is 9.80 Å². The van der Waals surface area contributed by atoms with E-state index in [0.29, 0.717) is 23.1 Å². The van der Waals surface area contributed by atoms with Crippen molar-refractivity contribution in [3.05, 3.63) is 69.7 Å². The largest absolute Gasteiger partial charge is 0.395 e. The molecule has 2 aliphatic rings. The van der Waals surface area contributed by atoms with Crippen molar-refractivity contribution in [2.75, 3.05) is 33.4 Å². The maximum absolute atomic E-state index is 13.3. The Morgan fingerprint density at radius 1 is 1.20 bits per heavy atom. The van der Waals surface area contributed by atoms with Gasteiger partial charge in [0, 0.05) is 32.8 Å². The highest BCUT2D eigenvalue weighted by molar-refractivity contribution is 6.42. The standard InChI is InChI=1S/C27H34Cl2N2O4/c1-30(26(33)14-19-10-11-23(28)24(29)13-19)25(20-7-3-2-4-8-20)17-31-16-22(15-21(31)18-32)35-27-9-5-6-12-34-27/h2-4,7-8,10-11,13,21-22,25,27,32H,5-6,9,12,14-18H2,1H3/t21-,22+,25+,27?/m0/s1. The van der Waals surface area contributed by atoms with Crippen LogP contribution in [0.1, 0.15) is 42.9 Å². The van der Waals surface area contributed by atoms with Crippen LogP contribution < -0.4 is 0 Å². The summed E-state index contributed by atoms with van der Waals surface area (Å²) in [5, 5.41) is 11.0. The van der Waals surface area contributed by atoms with Gasteiger partial charge in [-0.25, -0.2) is 0 Å². The predicted molar refractivity (Wildman–Crippen MR) is 138 cm³/mol. The highest BCUT2D eigenvalue weighted by Crippen LogP contribution is 2.29. The molecule has 0 bridgehead atoms. The summed E-state index contributed by atoms with van der Waals surface area (Å²) in [4.78, 5) is 17.4. The topological polar surface area (TPSA) is 62.2 Å². The van der Waals surface area contributed by atoms with Crippen molar-refractivity contribution in [2.45, 2.75) is 56.6 Å². The first-order valence-electron chi connectivity index (χ1n) is 12.3. The van der Waals surface area contributed by atoms with E-state index < -0.39 is 0 Å². The number of rotatable bonds is 9. The van der Waals surface area contributed by atoms with Crippen molar-refractivity contribution in [3.8, 4) is 0 Å². The van der Waals surface area contributed by atoms with Crippen LogP contribution >= 0.6 is 23.2 Å². The Morgan fingerprint density at radius 2 is 2.00 bits per heavy atom. The summed E-state index contributed by atoms with van der Waals surface area (Å²) < 4.78 is 12.0. The molecule has 6 nitrogen and oxygen atoms in total. The zero-order valence-electron chi connectivity index (χ0n) is 20.1. The third-order valence-electron chi connectivity index (χ3n) is 6.97. The Balaban J connectivity index is 1.46. The number of nitrogens with zero attached hydrogens (tertiary/aromatic N) is 2. The van der Waals surface area contributed by atoms with Crippen LogP contribution in [0, 0.1) is 0 Å². The fraction of sp³-hybridized carbons (Fsp3) is 0.519. The molecule has 4 atom stereocenters. The molecule has 0 saturated carbocycles. The average molecular weight is 521 g/mol. The molecule has 190 valence electrons. The van der Waals surface area contributed by atoms with E-state index in [4.69, 9.17) is 32.7 Å². The number of carbonyl (C=O) groups excluding carboxylic acids is 1. The number of halogens is 2. The Labute approximate surface area is 217 Å². The van der Waals surface area contributed by atoms with E-state index in [1.807, 2.05) is 43.4 Å². The van der Waals surface area contributed by atoms with Gasteiger partial charge in [0.2, 0.25) is 5.91 Å². The molecule has 4 rings (SSSR count). The molecule has 2 saturated heterocycles. The molecule has 8 heteroatoms. The second-order valence-corrected chi connectivity index (χ2v) is 10.3. The van der Waals surface area contributed by atoms with Crippen LogP contribution in [0.25, 0.3) is 0 Å². The summed E-state index contributed by atoms with van der Waals surface area (Å²) in [6, 6.07) is 15.1. The van der Waals surface area contributed by atoms with Crippen LogP contribution in [0.5, 0.6) is 0 Å². The van der Waals surface area contributed by atoms with Gasteiger partial charge in [-0.2, -0.15) is 0 Å². The Bertz CT molecular complexity index is 971. The van der Waals surface area contributed by atoms with Crippen LogP contribution in [0.15, 0.2) is 48.5 Å². The van der Waals surface area contributed by atoms with Gasteiger partial charge in [-0.1, -0.05) is 59.6 Å². The normalized spacial score (nSPS) is 23.8. The summed E-state index contributed by atoms with van der Waals surface area (Å²) in [6.07, 6.45) is 3.93. The van der Waals surface area contributed by atoms with E-state index in [0.717, 1.165) is 43.4 Å². The van der Waals surface area contributed by atoms with Gasteiger partial charge in [-0.3, -0.25) is 9.69 Å². The van der Waals surface area contributed by atoms with Crippen molar-refractivity contribution in [2.24, 2.45) is 0 Å². The number of likely N-dealkylation sites (tertiary alicyclic amines) is 1. The fourth-order valence-electron chi connectivity index (χ4n) is 4.95. The average Bonchev–Trinajstić information content (AvgIpc) is 3.26. The Hall–Kier alpha value is -1.67. The van der Waals surface area contributed by atoms with Crippen molar-refractivity contribution < 1.29 is 19.4 Å². The number of amides is 1. The lowest BCUT2D eigenvalue weighted by molar-refractivity contribution is -0.185. The first kappa shape index (κ1) is 26.4. The molecule has 0 radical (unpaired) electrons. The van der Waals surface area contributed by atoms with E-state index in [2.05, 4.69) is 4.90 Å². The number of carbonyl (C=O) groups is 1. The van der Waals surface area contributed by atoms with Gasteiger partial charge in [0.25, 0.3) is 0 Å². The molecule has 2 heterocycles. The molecule has 2 aromatic rings. The number of ether oxygens (including phenoxy) is 2. The van der Waals surface area contributed by atoms with E-state index in [1.165, 1.54) is 0 Å². The fourth-order valence-corrected chi connectivity index (χ4v) is 5.28. The van der Waals surface area contributed by atoms with Crippen LogP contribution in [-0.2, 0) is 20.7 Å². The second kappa shape index (κ2) is 12.5. The van der Waals surface area contributed by atoms with Gasteiger partial charge in [-0.15, -0.1) is 0 Å². The molecule has 0 aromatic heterocycles. The van der Waals surface area contributed by atoms with Crippen LogP contribution in [0.4, 0.5) is 0 Å². The second-order valence-electron chi connectivity index (χ2n) is 9.44. The zero-order valence-corrected chi connectivity index (χ0v) is 21.6. The number of aliphatic hydroxyl groups excluding tert-OH is 1. The van der Waals surface area contributed by atoms with E-state index in [-0.39, 0.29) is 43.4 Å². The molecule has 2 aromatic carbocycles. The predicted octanol–water partition coefficient (Wildman–Crippen LogP) is 4.71. The minimum atomic E-state index is -0.176. The number of likely N-dealkylation sites (N-methyl/N-ethyl adjacent to an activating group) is 1. The van der Waals surface area contributed by atoms with Gasteiger partial charge >= 0.3 is 0 Å². The molecular weight excluding hydrogens is 487 g/mol. The Morgan fingerprint density at radius 3 is 2.69 bits per heavy atom. The summed E-state index contributed by atoms with van der Waals surface area (Å²) in [7, 11) is 1.84. The van der Waals surface area contributed by atoms with E-state index >= 15 is 0 Å². The van der Waals surface area contributed by atoms with E-state index in [1.54, 1.807) is 17.0 Å². The van der Waals surface area contributed by atoms with Crippen molar-refractivity contribution in [1.29, 1.82) is 0 Å². The lowest BCUT2D eigenvalue weighted by Gasteiger charge is -2.34. The number of aliphatic hydroxyl groups is 1. The van der Waals surface area contributed by atoms with Gasteiger partial charge in [0.15, 0.2) is 6.29 Å². The summed E-state index contributed by atoms with van der Waals surface area (Å²) in [5.74, 6) is -0.0135. The quantitative estimate of drug-likeness (QED) is 0.518. The van der Waals surface area contributed by atoms with Gasteiger partial charge in [0.1, 0.15) is 0 Å². The Kier molecular flexibility index (Phi) is 9.45. The van der Waals surface area contributed by atoms with Gasteiger partial charge in [0.05, 0.1) is 35.2 Å². The monoisotopic (exact) mass is 520 g/mol. The molecule has 1 amide bonds. The van der Waals surface area contributed by atoms with Gasteiger partial charge < -0.3 is 19.5 Å². The smallest absolute Gasteiger partial charge is 0.227 e. The molecule has 0 aliphatic carbocycles. The van der Waals surface area contributed by atoms with Crippen LogP contribution in [0.2, 0.25) is 10.0 Å². The van der Waals surface area contributed by atoms with Gasteiger partial charge in [-0.05, 0) is 48.9 Å². The van der Waals surface area contributed by atoms with E-state index in [9.17, 15) is 9.90 Å². The molecular formula is C27H34Cl2N2O4. The number of hydrogen-bond acceptors (Lipinski definition) is 5. The highest BCUT2D eigenvalue weighted by atomic mass is 35.5. The molecule has 35 heavy (non-hydrogen) atoms. The molecule has 2 aliphatic heterocycles.